The van der Waals surface area contributed by atoms with Crippen molar-refractivity contribution in [3.8, 4) is 0 Å². The van der Waals surface area contributed by atoms with E-state index in [4.69, 9.17) is 0 Å². The lowest BCUT2D eigenvalue weighted by Gasteiger charge is -2.34. The number of carbonyl (C=O) groups excluding carboxylic acids is 1. The molecule has 0 aromatic carbocycles. The Morgan fingerprint density at radius 3 is 2.25 bits per heavy atom. The van der Waals surface area contributed by atoms with Gasteiger partial charge in [-0.1, -0.05) is 6.92 Å². The number of piperazine rings is 1. The average molecular weight is 239 g/mol. The molecular weight excluding hydrogens is 223 g/mol. The standard InChI is InChI=1S/C9H16F3N3O/c1-2-14-3-5-15(6-4-14)8(16)13-7-9(10,11)12/h2-7H2,1H3,(H,13,16). The van der Waals surface area contributed by atoms with Crippen molar-refractivity contribution in [2.75, 3.05) is 39.3 Å². The fourth-order valence-electron chi connectivity index (χ4n) is 1.55. The largest absolute Gasteiger partial charge is 0.405 e. The van der Waals surface area contributed by atoms with Gasteiger partial charge in [-0.25, -0.2) is 4.79 Å². The molecule has 94 valence electrons. The summed E-state index contributed by atoms with van der Waals surface area (Å²) in [5.41, 5.74) is 0. The molecular formula is C9H16F3N3O. The monoisotopic (exact) mass is 239 g/mol. The summed E-state index contributed by atoms with van der Waals surface area (Å²) in [7, 11) is 0. The first-order valence-corrected chi connectivity index (χ1v) is 5.24. The van der Waals surface area contributed by atoms with Gasteiger partial charge in [0.2, 0.25) is 0 Å². The Morgan fingerprint density at radius 2 is 1.81 bits per heavy atom. The van der Waals surface area contributed by atoms with Crippen molar-refractivity contribution >= 4 is 6.03 Å². The lowest BCUT2D eigenvalue weighted by atomic mass is 10.3. The van der Waals surface area contributed by atoms with E-state index in [-0.39, 0.29) is 0 Å². The summed E-state index contributed by atoms with van der Waals surface area (Å²) in [6.07, 6.45) is -4.35. The Labute approximate surface area is 92.4 Å². The van der Waals surface area contributed by atoms with E-state index >= 15 is 0 Å². The van der Waals surface area contributed by atoms with E-state index in [2.05, 4.69) is 4.90 Å². The SMILES string of the molecule is CCN1CCN(C(=O)NCC(F)(F)F)CC1. The van der Waals surface area contributed by atoms with Crippen molar-refractivity contribution in [3.05, 3.63) is 0 Å². The molecule has 1 aliphatic rings. The normalized spacial score (nSPS) is 18.6. The van der Waals surface area contributed by atoms with Gasteiger partial charge in [-0.3, -0.25) is 0 Å². The third kappa shape index (κ3) is 4.26. The molecule has 1 fully saturated rings. The first-order chi connectivity index (χ1) is 7.42. The summed E-state index contributed by atoms with van der Waals surface area (Å²) in [6.45, 7) is 4.05. The smallest absolute Gasteiger partial charge is 0.329 e. The van der Waals surface area contributed by atoms with Gasteiger partial charge in [0, 0.05) is 26.2 Å². The molecule has 0 bridgehead atoms. The van der Waals surface area contributed by atoms with Crippen LogP contribution in [0.4, 0.5) is 18.0 Å². The van der Waals surface area contributed by atoms with Crippen LogP contribution in [-0.2, 0) is 0 Å². The molecule has 16 heavy (non-hydrogen) atoms. The minimum Gasteiger partial charge on any atom is -0.329 e. The Morgan fingerprint density at radius 1 is 1.25 bits per heavy atom. The number of nitrogens with one attached hydrogen (secondary N) is 1. The second kappa shape index (κ2) is 5.38. The first-order valence-electron chi connectivity index (χ1n) is 5.24. The summed E-state index contributed by atoms with van der Waals surface area (Å²) >= 11 is 0. The molecule has 4 nitrogen and oxygen atoms in total. The van der Waals surface area contributed by atoms with Gasteiger partial charge < -0.3 is 15.1 Å². The second-order valence-corrected chi connectivity index (χ2v) is 3.70. The maximum atomic E-state index is 11.9. The predicted octanol–water partition coefficient (Wildman–Crippen LogP) is 0.896. The van der Waals surface area contributed by atoms with Crippen LogP contribution < -0.4 is 5.32 Å². The predicted molar refractivity (Wildman–Crippen MR) is 53.1 cm³/mol. The fraction of sp³-hybridized carbons (Fsp3) is 0.889. The molecule has 0 aromatic rings. The molecule has 1 heterocycles. The van der Waals surface area contributed by atoms with Gasteiger partial charge in [-0.05, 0) is 6.54 Å². The van der Waals surface area contributed by atoms with Gasteiger partial charge in [-0.15, -0.1) is 0 Å². The van der Waals surface area contributed by atoms with Gasteiger partial charge in [0.05, 0.1) is 0 Å². The van der Waals surface area contributed by atoms with Crippen LogP contribution >= 0.6 is 0 Å². The lowest BCUT2D eigenvalue weighted by Crippen LogP contribution is -2.52. The quantitative estimate of drug-likeness (QED) is 0.777. The van der Waals surface area contributed by atoms with Crippen LogP contribution in [-0.4, -0.2) is 61.3 Å². The van der Waals surface area contributed by atoms with Crippen molar-refractivity contribution in [2.24, 2.45) is 0 Å². The van der Waals surface area contributed by atoms with Gasteiger partial charge in [0.15, 0.2) is 0 Å². The minimum absolute atomic E-state index is 0.484. The van der Waals surface area contributed by atoms with E-state index in [0.29, 0.717) is 13.1 Å². The lowest BCUT2D eigenvalue weighted by molar-refractivity contribution is -0.123. The molecule has 0 saturated carbocycles. The van der Waals surface area contributed by atoms with Crippen molar-refractivity contribution in [3.63, 3.8) is 0 Å². The number of alkyl halides is 3. The van der Waals surface area contributed by atoms with Crippen molar-refractivity contribution in [1.82, 2.24) is 15.1 Å². The highest BCUT2D eigenvalue weighted by Gasteiger charge is 2.29. The third-order valence-electron chi connectivity index (χ3n) is 2.55. The van der Waals surface area contributed by atoms with E-state index in [1.54, 1.807) is 0 Å². The summed E-state index contributed by atoms with van der Waals surface area (Å²) in [5.74, 6) is 0. The van der Waals surface area contributed by atoms with Gasteiger partial charge in [0.25, 0.3) is 0 Å². The molecule has 0 unspecified atom stereocenters. The summed E-state index contributed by atoms with van der Waals surface area (Å²) in [5, 5.41) is 1.87. The first kappa shape index (κ1) is 13.1. The average Bonchev–Trinajstić information content (AvgIpc) is 2.25. The molecule has 1 rings (SSSR count). The number of hydrogen-bond acceptors (Lipinski definition) is 2. The van der Waals surface area contributed by atoms with Crippen LogP contribution in [0.3, 0.4) is 0 Å². The maximum absolute atomic E-state index is 11.9. The molecule has 2 amide bonds. The number of amides is 2. The van der Waals surface area contributed by atoms with Gasteiger partial charge in [-0.2, -0.15) is 13.2 Å². The number of hydrogen-bond donors (Lipinski definition) is 1. The highest BCUT2D eigenvalue weighted by molar-refractivity contribution is 5.74. The fourth-order valence-corrected chi connectivity index (χ4v) is 1.55. The van der Waals surface area contributed by atoms with Crippen LogP contribution in [0, 0.1) is 0 Å². The molecule has 1 N–H and O–H groups in total. The third-order valence-corrected chi connectivity index (χ3v) is 2.55. The van der Waals surface area contributed by atoms with Crippen LogP contribution in [0.2, 0.25) is 0 Å². The van der Waals surface area contributed by atoms with E-state index < -0.39 is 18.8 Å². The zero-order chi connectivity index (χ0) is 12.2. The molecule has 1 aliphatic heterocycles. The van der Waals surface area contributed by atoms with E-state index in [9.17, 15) is 18.0 Å². The van der Waals surface area contributed by atoms with Crippen molar-refractivity contribution in [2.45, 2.75) is 13.1 Å². The number of urea groups is 1. The van der Waals surface area contributed by atoms with E-state index in [0.717, 1.165) is 19.6 Å². The Hall–Kier alpha value is -0.980. The molecule has 0 aliphatic carbocycles. The van der Waals surface area contributed by atoms with E-state index in [1.165, 1.54) is 4.90 Å². The topological polar surface area (TPSA) is 35.6 Å². The van der Waals surface area contributed by atoms with Crippen LogP contribution in [0.25, 0.3) is 0 Å². The second-order valence-electron chi connectivity index (χ2n) is 3.70. The Kier molecular flexibility index (Phi) is 4.40. The van der Waals surface area contributed by atoms with Crippen LogP contribution in [0.5, 0.6) is 0 Å². The summed E-state index contributed by atoms with van der Waals surface area (Å²) in [4.78, 5) is 14.9. The minimum atomic E-state index is -4.35. The molecule has 7 heteroatoms. The highest BCUT2D eigenvalue weighted by Crippen LogP contribution is 2.12. The molecule has 0 spiro atoms. The van der Waals surface area contributed by atoms with E-state index in [1.807, 2.05) is 12.2 Å². The summed E-state index contributed by atoms with van der Waals surface area (Å²) in [6, 6.07) is -0.631. The Balaban J connectivity index is 2.28. The number of carbonyl (C=O) groups is 1. The molecule has 0 radical (unpaired) electrons. The van der Waals surface area contributed by atoms with Crippen LogP contribution in [0.15, 0.2) is 0 Å². The number of rotatable bonds is 2. The highest BCUT2D eigenvalue weighted by atomic mass is 19.4. The summed E-state index contributed by atoms with van der Waals surface area (Å²) < 4.78 is 35.6. The Bertz CT molecular complexity index is 237. The molecule has 1 saturated heterocycles. The number of nitrogens with zero attached hydrogens (tertiary/aromatic N) is 2. The van der Waals surface area contributed by atoms with Gasteiger partial charge >= 0.3 is 12.2 Å². The number of halogens is 3. The zero-order valence-electron chi connectivity index (χ0n) is 9.18. The van der Waals surface area contributed by atoms with Crippen molar-refractivity contribution in [1.29, 1.82) is 0 Å². The molecule has 0 aromatic heterocycles. The molecule has 0 atom stereocenters. The maximum Gasteiger partial charge on any atom is 0.405 e. The van der Waals surface area contributed by atoms with Gasteiger partial charge in [0.1, 0.15) is 6.54 Å². The van der Waals surface area contributed by atoms with Crippen LogP contribution in [0.1, 0.15) is 6.92 Å². The zero-order valence-corrected chi connectivity index (χ0v) is 9.18. The number of likely N-dealkylation sites (N-methyl/N-ethyl adjacent to an activating group) is 1. The van der Waals surface area contributed by atoms with Crippen molar-refractivity contribution < 1.29 is 18.0 Å².